The van der Waals surface area contributed by atoms with Gasteiger partial charge in [-0.3, -0.25) is 10.1 Å². The summed E-state index contributed by atoms with van der Waals surface area (Å²) in [7, 11) is 0. The molecule has 1 aromatic rings. The van der Waals surface area contributed by atoms with Crippen LogP contribution >= 0.6 is 22.6 Å². The molecule has 0 fully saturated rings. The number of nitriles is 1. The standard InChI is InChI=1S/C8H5IN2O3/c9-7-1-6(4-12)5(3-10)2-8(7)11(13)14/h1-2,12H,4H2. The van der Waals surface area contributed by atoms with Crippen LogP contribution in [0.4, 0.5) is 5.69 Å². The fourth-order valence-corrected chi connectivity index (χ4v) is 1.71. The van der Waals surface area contributed by atoms with Crippen molar-refractivity contribution in [3.8, 4) is 6.07 Å². The summed E-state index contributed by atoms with van der Waals surface area (Å²) in [5.41, 5.74) is 0.432. The number of aliphatic hydroxyl groups excluding tert-OH is 1. The summed E-state index contributed by atoms with van der Waals surface area (Å²) in [6, 6.07) is 4.42. The van der Waals surface area contributed by atoms with Gasteiger partial charge in [-0.2, -0.15) is 5.26 Å². The monoisotopic (exact) mass is 304 g/mol. The van der Waals surface area contributed by atoms with E-state index in [1.165, 1.54) is 12.1 Å². The normalized spacial score (nSPS) is 9.50. The molecule has 0 aliphatic heterocycles. The lowest BCUT2D eigenvalue weighted by Gasteiger charge is -2.01. The fraction of sp³-hybridized carbons (Fsp3) is 0.125. The highest BCUT2D eigenvalue weighted by Gasteiger charge is 2.15. The van der Waals surface area contributed by atoms with Crippen LogP contribution in [0.25, 0.3) is 0 Å². The highest BCUT2D eigenvalue weighted by molar-refractivity contribution is 14.1. The zero-order valence-electron chi connectivity index (χ0n) is 6.90. The van der Waals surface area contributed by atoms with Gasteiger partial charge in [0.1, 0.15) is 0 Å². The van der Waals surface area contributed by atoms with Gasteiger partial charge in [0.25, 0.3) is 5.69 Å². The number of hydrogen-bond acceptors (Lipinski definition) is 4. The third kappa shape index (κ3) is 2.00. The van der Waals surface area contributed by atoms with E-state index in [1.54, 1.807) is 28.7 Å². The van der Waals surface area contributed by atoms with Crippen LogP contribution in [0.3, 0.4) is 0 Å². The van der Waals surface area contributed by atoms with Crippen molar-refractivity contribution in [3.05, 3.63) is 36.9 Å². The average Bonchev–Trinajstić information content (AvgIpc) is 2.16. The Morgan fingerprint density at radius 1 is 1.64 bits per heavy atom. The molecule has 6 heteroatoms. The van der Waals surface area contributed by atoms with Crippen molar-refractivity contribution in [2.45, 2.75) is 6.61 Å². The molecule has 0 aliphatic rings. The van der Waals surface area contributed by atoms with Gasteiger partial charge in [0, 0.05) is 6.07 Å². The zero-order valence-corrected chi connectivity index (χ0v) is 9.06. The molecule has 0 spiro atoms. The quantitative estimate of drug-likeness (QED) is 0.510. The van der Waals surface area contributed by atoms with Crippen LogP contribution in [0.2, 0.25) is 0 Å². The number of benzene rings is 1. The molecule has 0 saturated carbocycles. The lowest BCUT2D eigenvalue weighted by Crippen LogP contribution is -1.97. The molecular formula is C8H5IN2O3. The van der Waals surface area contributed by atoms with Crippen molar-refractivity contribution in [3.63, 3.8) is 0 Å². The van der Waals surface area contributed by atoms with Crippen LogP contribution in [0.15, 0.2) is 12.1 Å². The first kappa shape index (κ1) is 10.9. The van der Waals surface area contributed by atoms with Gasteiger partial charge in [0.2, 0.25) is 0 Å². The molecule has 0 atom stereocenters. The Bertz CT molecular complexity index is 425. The number of nitro groups is 1. The molecule has 72 valence electrons. The van der Waals surface area contributed by atoms with Gasteiger partial charge in [-0.25, -0.2) is 0 Å². The Morgan fingerprint density at radius 2 is 2.29 bits per heavy atom. The number of hydrogen-bond donors (Lipinski definition) is 1. The van der Waals surface area contributed by atoms with E-state index in [0.717, 1.165) is 0 Å². The molecule has 0 unspecified atom stereocenters. The number of halogens is 1. The maximum Gasteiger partial charge on any atom is 0.283 e. The van der Waals surface area contributed by atoms with Crippen molar-refractivity contribution >= 4 is 28.3 Å². The third-order valence-electron chi connectivity index (χ3n) is 1.66. The van der Waals surface area contributed by atoms with Crippen molar-refractivity contribution in [1.29, 1.82) is 5.26 Å². The van der Waals surface area contributed by atoms with E-state index < -0.39 is 4.92 Å². The molecule has 0 bridgehead atoms. The van der Waals surface area contributed by atoms with E-state index in [-0.39, 0.29) is 17.9 Å². The summed E-state index contributed by atoms with van der Waals surface area (Å²) in [5.74, 6) is 0. The van der Waals surface area contributed by atoms with Crippen molar-refractivity contribution < 1.29 is 10.0 Å². The molecule has 0 amide bonds. The molecular weight excluding hydrogens is 299 g/mol. The second-order valence-corrected chi connectivity index (χ2v) is 3.65. The first-order chi connectivity index (χ1) is 6.60. The molecule has 1 rings (SSSR count). The second kappa shape index (κ2) is 4.34. The van der Waals surface area contributed by atoms with Gasteiger partial charge in [-0.05, 0) is 34.2 Å². The topological polar surface area (TPSA) is 87.2 Å². The molecule has 0 aliphatic carbocycles. The minimum absolute atomic E-state index is 0.112. The summed E-state index contributed by atoms with van der Waals surface area (Å²) >= 11 is 1.80. The van der Waals surface area contributed by atoms with E-state index in [2.05, 4.69) is 0 Å². The van der Waals surface area contributed by atoms with Crippen LogP contribution in [-0.4, -0.2) is 10.0 Å². The van der Waals surface area contributed by atoms with E-state index in [0.29, 0.717) is 9.13 Å². The summed E-state index contributed by atoms with van der Waals surface area (Å²) < 4.78 is 0.413. The summed E-state index contributed by atoms with van der Waals surface area (Å²) in [6.45, 7) is -0.295. The molecule has 1 N–H and O–H groups in total. The Labute approximate surface area is 93.3 Å². The Balaban J connectivity index is 3.40. The average molecular weight is 304 g/mol. The summed E-state index contributed by atoms with van der Waals surface area (Å²) in [6.07, 6.45) is 0. The molecule has 0 radical (unpaired) electrons. The van der Waals surface area contributed by atoms with E-state index >= 15 is 0 Å². The largest absolute Gasteiger partial charge is 0.392 e. The predicted molar refractivity (Wildman–Crippen MR) is 56.5 cm³/mol. The van der Waals surface area contributed by atoms with Crippen molar-refractivity contribution in [2.24, 2.45) is 0 Å². The third-order valence-corrected chi connectivity index (χ3v) is 2.52. The second-order valence-electron chi connectivity index (χ2n) is 2.49. The van der Waals surface area contributed by atoms with E-state index in [1.807, 2.05) is 0 Å². The smallest absolute Gasteiger partial charge is 0.283 e. The van der Waals surface area contributed by atoms with Gasteiger partial charge < -0.3 is 5.11 Å². The molecule has 1 aromatic carbocycles. The van der Waals surface area contributed by atoms with Gasteiger partial charge in [-0.15, -0.1) is 0 Å². The lowest BCUT2D eigenvalue weighted by atomic mass is 10.1. The first-order valence-electron chi connectivity index (χ1n) is 3.58. The molecule has 0 heterocycles. The number of aliphatic hydroxyl groups is 1. The van der Waals surface area contributed by atoms with E-state index in [9.17, 15) is 10.1 Å². The lowest BCUT2D eigenvalue weighted by molar-refractivity contribution is -0.385. The molecule has 14 heavy (non-hydrogen) atoms. The van der Waals surface area contributed by atoms with Crippen LogP contribution in [0.5, 0.6) is 0 Å². The van der Waals surface area contributed by atoms with Crippen LogP contribution in [0, 0.1) is 25.0 Å². The SMILES string of the molecule is N#Cc1cc([N+](=O)[O-])c(I)cc1CO. The highest BCUT2D eigenvalue weighted by atomic mass is 127. The van der Waals surface area contributed by atoms with Gasteiger partial charge in [0.05, 0.1) is 26.7 Å². The highest BCUT2D eigenvalue weighted by Crippen LogP contribution is 2.24. The summed E-state index contributed by atoms with van der Waals surface area (Å²) in [4.78, 5) is 9.97. The van der Waals surface area contributed by atoms with Crippen LogP contribution < -0.4 is 0 Å². The van der Waals surface area contributed by atoms with Crippen molar-refractivity contribution in [2.75, 3.05) is 0 Å². The molecule has 5 nitrogen and oxygen atoms in total. The first-order valence-corrected chi connectivity index (χ1v) is 4.65. The fourth-order valence-electron chi connectivity index (χ4n) is 0.978. The Hall–Kier alpha value is -1.20. The predicted octanol–water partition coefficient (Wildman–Crippen LogP) is 1.56. The van der Waals surface area contributed by atoms with Crippen molar-refractivity contribution in [1.82, 2.24) is 0 Å². The number of rotatable bonds is 2. The van der Waals surface area contributed by atoms with Gasteiger partial charge in [-0.1, -0.05) is 0 Å². The Kier molecular flexibility index (Phi) is 3.38. The minimum Gasteiger partial charge on any atom is -0.392 e. The maximum absolute atomic E-state index is 10.5. The number of nitrogens with zero attached hydrogens (tertiary/aromatic N) is 2. The van der Waals surface area contributed by atoms with Crippen LogP contribution in [0.1, 0.15) is 11.1 Å². The minimum atomic E-state index is -0.552. The van der Waals surface area contributed by atoms with E-state index in [4.69, 9.17) is 10.4 Å². The number of nitro benzene ring substituents is 1. The molecule has 0 aromatic heterocycles. The maximum atomic E-state index is 10.5. The van der Waals surface area contributed by atoms with Crippen LogP contribution in [-0.2, 0) is 6.61 Å². The zero-order chi connectivity index (χ0) is 10.7. The summed E-state index contributed by atoms with van der Waals surface area (Å²) in [5, 5.41) is 28.1. The Morgan fingerprint density at radius 3 is 2.71 bits per heavy atom. The van der Waals surface area contributed by atoms with Gasteiger partial charge >= 0.3 is 0 Å². The van der Waals surface area contributed by atoms with Gasteiger partial charge in [0.15, 0.2) is 0 Å². The molecule has 0 saturated heterocycles.